The smallest absolute Gasteiger partial charge is 0.416 e. The van der Waals surface area contributed by atoms with Crippen molar-refractivity contribution in [2.75, 3.05) is 31.6 Å². The Morgan fingerprint density at radius 3 is 2.44 bits per heavy atom. The van der Waals surface area contributed by atoms with Gasteiger partial charge in [0.05, 0.1) is 16.7 Å². The molecule has 2 heterocycles. The van der Waals surface area contributed by atoms with Gasteiger partial charge in [-0.3, -0.25) is 4.98 Å². The molecule has 0 saturated carbocycles. The number of benzene rings is 3. The maximum atomic E-state index is 13.7. The van der Waals surface area contributed by atoms with E-state index < -0.39 is 23.4 Å². The van der Waals surface area contributed by atoms with E-state index in [1.807, 2.05) is 66.4 Å². The number of halogens is 3. The number of rotatable bonds is 9. The Labute approximate surface area is 237 Å². The fraction of sp³-hybridized carbons (Fsp3) is 0.344. The van der Waals surface area contributed by atoms with Crippen LogP contribution in [0.3, 0.4) is 0 Å². The average molecular weight is 566 g/mol. The lowest BCUT2D eigenvalue weighted by atomic mass is 9.85. The highest BCUT2D eigenvalue weighted by Gasteiger charge is 2.33. The molecule has 0 spiro atoms. The van der Waals surface area contributed by atoms with E-state index in [1.165, 1.54) is 6.07 Å². The number of pyridine rings is 1. The van der Waals surface area contributed by atoms with E-state index in [1.54, 1.807) is 6.07 Å². The quantitative estimate of drug-likeness (QED) is 0.227. The minimum absolute atomic E-state index is 0.00680. The van der Waals surface area contributed by atoms with E-state index in [0.717, 1.165) is 34.3 Å². The number of anilines is 2. The van der Waals surface area contributed by atoms with Gasteiger partial charge in [0.25, 0.3) is 0 Å². The van der Waals surface area contributed by atoms with Gasteiger partial charge in [-0.1, -0.05) is 48.5 Å². The van der Waals surface area contributed by atoms with Gasteiger partial charge in [0.15, 0.2) is 0 Å². The highest BCUT2D eigenvalue weighted by atomic mass is 19.4. The molecule has 3 aromatic carbocycles. The highest BCUT2D eigenvalue weighted by Crippen LogP contribution is 2.36. The van der Waals surface area contributed by atoms with Crippen LogP contribution in [0, 0.1) is 6.92 Å². The summed E-state index contributed by atoms with van der Waals surface area (Å²) in [7, 11) is 0. The first kappa shape index (κ1) is 28.9. The third-order valence-electron chi connectivity index (χ3n) is 7.43. The molecule has 0 bridgehead atoms. The SMILES string of the molecule is Cc1cc(Nc2cc(OCC(O)CN3CCC(O)(Cc4ccccc4)CC3)cc(C(F)(F)F)c2)c2ccccc2n1. The lowest BCUT2D eigenvalue weighted by Crippen LogP contribution is -2.48. The Morgan fingerprint density at radius 2 is 1.71 bits per heavy atom. The number of aliphatic hydroxyl groups is 2. The number of likely N-dealkylation sites (tertiary alicyclic amines) is 1. The minimum atomic E-state index is -4.57. The summed E-state index contributed by atoms with van der Waals surface area (Å²) in [4.78, 5) is 6.53. The molecule has 5 rings (SSSR count). The summed E-state index contributed by atoms with van der Waals surface area (Å²) in [5.74, 6) is 0.00680. The topological polar surface area (TPSA) is 77.8 Å². The molecule has 4 aromatic rings. The van der Waals surface area contributed by atoms with Gasteiger partial charge in [-0.05, 0) is 49.6 Å². The van der Waals surface area contributed by atoms with Crippen molar-refractivity contribution >= 4 is 22.3 Å². The molecule has 0 amide bonds. The molecule has 1 fully saturated rings. The number of hydrogen-bond donors (Lipinski definition) is 3. The first-order valence-electron chi connectivity index (χ1n) is 13.7. The molecular weight excluding hydrogens is 531 g/mol. The molecule has 9 heteroatoms. The summed E-state index contributed by atoms with van der Waals surface area (Å²) in [6.07, 6.45) is -3.76. The first-order valence-corrected chi connectivity index (χ1v) is 13.7. The summed E-state index contributed by atoms with van der Waals surface area (Å²) in [5.41, 5.74) is 1.76. The van der Waals surface area contributed by atoms with Gasteiger partial charge in [-0.25, -0.2) is 0 Å². The second kappa shape index (κ2) is 12.1. The molecule has 1 aliphatic heterocycles. The summed E-state index contributed by atoms with van der Waals surface area (Å²) in [6.45, 7) is 3.18. The zero-order valence-electron chi connectivity index (χ0n) is 22.9. The minimum Gasteiger partial charge on any atom is -0.491 e. The van der Waals surface area contributed by atoms with Crippen LogP contribution in [0.2, 0.25) is 0 Å². The fourth-order valence-electron chi connectivity index (χ4n) is 5.33. The number of aliphatic hydroxyl groups excluding tert-OH is 1. The van der Waals surface area contributed by atoms with Crippen LogP contribution in [0.1, 0.15) is 29.7 Å². The van der Waals surface area contributed by atoms with Gasteiger partial charge < -0.3 is 25.2 Å². The van der Waals surface area contributed by atoms with E-state index in [-0.39, 0.29) is 18.0 Å². The molecule has 0 radical (unpaired) electrons. The summed E-state index contributed by atoms with van der Waals surface area (Å²) < 4.78 is 46.9. The van der Waals surface area contributed by atoms with Crippen molar-refractivity contribution in [1.82, 2.24) is 9.88 Å². The Kier molecular flexibility index (Phi) is 8.49. The Morgan fingerprint density at radius 1 is 1.00 bits per heavy atom. The number of nitrogens with one attached hydrogen (secondary N) is 1. The molecule has 1 unspecified atom stereocenters. The van der Waals surface area contributed by atoms with Gasteiger partial charge in [-0.15, -0.1) is 0 Å². The van der Waals surface area contributed by atoms with Crippen molar-refractivity contribution in [2.24, 2.45) is 0 Å². The van der Waals surface area contributed by atoms with Gasteiger partial charge in [0.2, 0.25) is 0 Å². The second-order valence-corrected chi connectivity index (χ2v) is 10.8. The van der Waals surface area contributed by atoms with Crippen molar-refractivity contribution in [3.8, 4) is 5.75 Å². The normalized spacial score (nSPS) is 16.4. The lowest BCUT2D eigenvalue weighted by Gasteiger charge is -2.39. The monoisotopic (exact) mass is 565 g/mol. The largest absolute Gasteiger partial charge is 0.491 e. The number of aromatic nitrogens is 1. The number of alkyl halides is 3. The fourth-order valence-corrected chi connectivity index (χ4v) is 5.33. The molecule has 1 aliphatic rings. The van der Waals surface area contributed by atoms with Crippen molar-refractivity contribution in [1.29, 1.82) is 0 Å². The van der Waals surface area contributed by atoms with Crippen molar-refractivity contribution < 1.29 is 28.1 Å². The molecule has 41 heavy (non-hydrogen) atoms. The molecule has 216 valence electrons. The van der Waals surface area contributed by atoms with Crippen molar-refractivity contribution in [3.63, 3.8) is 0 Å². The third kappa shape index (κ3) is 7.55. The van der Waals surface area contributed by atoms with E-state index in [0.29, 0.717) is 44.6 Å². The van der Waals surface area contributed by atoms with E-state index in [4.69, 9.17) is 4.74 Å². The van der Waals surface area contributed by atoms with Crippen LogP contribution in [0.5, 0.6) is 5.75 Å². The number of piperidine rings is 1. The Hall–Kier alpha value is -3.66. The molecule has 1 aromatic heterocycles. The molecule has 1 saturated heterocycles. The maximum absolute atomic E-state index is 13.7. The number of nitrogens with zero attached hydrogens (tertiary/aromatic N) is 2. The van der Waals surface area contributed by atoms with Crippen molar-refractivity contribution in [3.05, 3.63) is 95.7 Å². The van der Waals surface area contributed by atoms with E-state index >= 15 is 0 Å². The molecule has 0 aliphatic carbocycles. The molecule has 6 nitrogen and oxygen atoms in total. The predicted molar refractivity (Wildman–Crippen MR) is 153 cm³/mol. The van der Waals surface area contributed by atoms with Gasteiger partial charge in [0.1, 0.15) is 18.5 Å². The zero-order chi connectivity index (χ0) is 29.0. The number of aryl methyl sites for hydroxylation is 1. The molecule has 3 N–H and O–H groups in total. The number of para-hydroxylation sites is 1. The summed E-state index contributed by atoms with van der Waals surface area (Å²) in [6, 6.07) is 22.5. The highest BCUT2D eigenvalue weighted by molar-refractivity contribution is 5.93. The van der Waals surface area contributed by atoms with Crippen LogP contribution in [0.25, 0.3) is 10.9 Å². The predicted octanol–water partition coefficient (Wildman–Crippen LogP) is 6.11. The van der Waals surface area contributed by atoms with Gasteiger partial charge in [-0.2, -0.15) is 13.2 Å². The summed E-state index contributed by atoms with van der Waals surface area (Å²) in [5, 5.41) is 25.5. The molecule has 1 atom stereocenters. The molecular formula is C32H34F3N3O3. The van der Waals surface area contributed by atoms with E-state index in [2.05, 4.69) is 10.3 Å². The Balaban J connectivity index is 1.22. The number of ether oxygens (including phenoxy) is 1. The van der Waals surface area contributed by atoms with Crippen LogP contribution in [-0.2, 0) is 12.6 Å². The number of fused-ring (bicyclic) bond motifs is 1. The van der Waals surface area contributed by atoms with Crippen molar-refractivity contribution in [2.45, 2.75) is 44.1 Å². The van der Waals surface area contributed by atoms with Gasteiger partial charge in [0, 0.05) is 54.6 Å². The lowest BCUT2D eigenvalue weighted by molar-refractivity contribution is -0.137. The van der Waals surface area contributed by atoms with Crippen LogP contribution >= 0.6 is 0 Å². The third-order valence-corrected chi connectivity index (χ3v) is 7.43. The Bertz CT molecular complexity index is 1470. The van der Waals surface area contributed by atoms with Gasteiger partial charge >= 0.3 is 6.18 Å². The number of β-amino-alcohol motifs (C(OH)–C–C–N with tert-alkyl or cyclic N) is 1. The maximum Gasteiger partial charge on any atom is 0.416 e. The average Bonchev–Trinajstić information content (AvgIpc) is 2.93. The standard InChI is InChI=1S/C32H34F3N3O3/c1-22-15-30(28-9-5-6-10-29(28)36-22)37-25-16-24(32(33,34)35)17-27(18-25)41-21-26(39)20-38-13-11-31(40,12-14-38)19-23-7-3-2-4-8-23/h2-10,15-18,26,39-40H,11-14,19-21H2,1H3,(H,36,37). The van der Waals surface area contributed by atoms with Crippen LogP contribution < -0.4 is 10.1 Å². The van der Waals surface area contributed by atoms with Crippen LogP contribution in [0.4, 0.5) is 24.5 Å². The summed E-state index contributed by atoms with van der Waals surface area (Å²) >= 11 is 0. The number of hydrogen-bond acceptors (Lipinski definition) is 6. The first-order chi connectivity index (χ1) is 19.6. The zero-order valence-corrected chi connectivity index (χ0v) is 22.9. The van der Waals surface area contributed by atoms with Crippen LogP contribution in [-0.4, -0.2) is 58.0 Å². The second-order valence-electron chi connectivity index (χ2n) is 10.8. The van der Waals surface area contributed by atoms with E-state index in [9.17, 15) is 23.4 Å². The van der Waals surface area contributed by atoms with Crippen LogP contribution in [0.15, 0.2) is 78.9 Å².